The van der Waals surface area contributed by atoms with E-state index in [2.05, 4.69) is 0 Å². The fraction of sp³-hybridized carbons (Fsp3) is 0.800. The van der Waals surface area contributed by atoms with E-state index in [1.54, 1.807) is 0 Å². The molecule has 0 bridgehead atoms. The predicted molar refractivity (Wildman–Crippen MR) is 50.3 cm³/mol. The van der Waals surface area contributed by atoms with Gasteiger partial charge in [-0.05, 0) is 6.42 Å². The number of rotatable bonds is 4. The van der Waals surface area contributed by atoms with Crippen molar-refractivity contribution in [1.29, 1.82) is 0 Å². The Bertz CT molecular complexity index is 189. The van der Waals surface area contributed by atoms with Gasteiger partial charge < -0.3 is 4.74 Å². The summed E-state index contributed by atoms with van der Waals surface area (Å²) in [7, 11) is 0. The maximum Gasteiger partial charge on any atom is 0.302 e. The molecule has 0 unspecified atom stereocenters. The van der Waals surface area contributed by atoms with Gasteiger partial charge in [0.1, 0.15) is 5.78 Å². The summed E-state index contributed by atoms with van der Waals surface area (Å²) < 4.78 is 4.71. The standard InChI is InChI=1S/C10H18O3/c1-8(11)13-7-5-6-9(12)10(2,3)4/h5-7H2,1-4H3. The summed E-state index contributed by atoms with van der Waals surface area (Å²) >= 11 is 0. The van der Waals surface area contributed by atoms with Crippen molar-refractivity contribution in [2.24, 2.45) is 5.41 Å². The molecule has 0 atom stereocenters. The number of hydrogen-bond donors (Lipinski definition) is 0. The van der Waals surface area contributed by atoms with Gasteiger partial charge in [0, 0.05) is 18.8 Å². The summed E-state index contributed by atoms with van der Waals surface area (Å²) in [4.78, 5) is 21.7. The zero-order chi connectivity index (χ0) is 10.5. The van der Waals surface area contributed by atoms with E-state index >= 15 is 0 Å². The molecule has 0 rings (SSSR count). The molecule has 0 radical (unpaired) electrons. The van der Waals surface area contributed by atoms with Crippen LogP contribution in [0, 0.1) is 5.41 Å². The minimum absolute atomic E-state index is 0.208. The molecule has 0 spiro atoms. The van der Waals surface area contributed by atoms with E-state index in [0.717, 1.165) is 0 Å². The molecule has 0 saturated carbocycles. The van der Waals surface area contributed by atoms with E-state index in [0.29, 0.717) is 19.4 Å². The fourth-order valence-electron chi connectivity index (χ4n) is 0.824. The highest BCUT2D eigenvalue weighted by Gasteiger charge is 2.20. The molecule has 13 heavy (non-hydrogen) atoms. The summed E-state index contributed by atoms with van der Waals surface area (Å²) in [6.07, 6.45) is 1.10. The molecule has 0 saturated heterocycles. The van der Waals surface area contributed by atoms with Crippen molar-refractivity contribution in [2.75, 3.05) is 6.61 Å². The quantitative estimate of drug-likeness (QED) is 0.498. The first-order valence-corrected chi connectivity index (χ1v) is 4.50. The van der Waals surface area contributed by atoms with Crippen LogP contribution < -0.4 is 0 Å². The van der Waals surface area contributed by atoms with E-state index in [1.807, 2.05) is 20.8 Å². The third kappa shape index (κ3) is 6.31. The Morgan fingerprint density at radius 3 is 2.15 bits per heavy atom. The lowest BCUT2D eigenvalue weighted by atomic mass is 9.88. The van der Waals surface area contributed by atoms with Gasteiger partial charge in [0.05, 0.1) is 6.61 Å². The second-order valence-electron chi connectivity index (χ2n) is 4.12. The van der Waals surface area contributed by atoms with E-state index in [1.165, 1.54) is 6.92 Å². The van der Waals surface area contributed by atoms with Crippen LogP contribution in [-0.4, -0.2) is 18.4 Å². The molecular formula is C10H18O3. The van der Waals surface area contributed by atoms with E-state index in [4.69, 9.17) is 4.74 Å². The van der Waals surface area contributed by atoms with Crippen molar-refractivity contribution in [3.05, 3.63) is 0 Å². The van der Waals surface area contributed by atoms with Crippen LogP contribution in [0.3, 0.4) is 0 Å². The summed E-state index contributed by atoms with van der Waals surface area (Å²) in [5, 5.41) is 0. The largest absolute Gasteiger partial charge is 0.466 e. The highest BCUT2D eigenvalue weighted by molar-refractivity contribution is 5.83. The summed E-state index contributed by atoms with van der Waals surface area (Å²) in [5.41, 5.74) is -0.282. The third-order valence-corrected chi connectivity index (χ3v) is 1.69. The van der Waals surface area contributed by atoms with Crippen molar-refractivity contribution in [3.63, 3.8) is 0 Å². The highest BCUT2D eigenvalue weighted by Crippen LogP contribution is 2.17. The smallest absolute Gasteiger partial charge is 0.302 e. The van der Waals surface area contributed by atoms with Gasteiger partial charge in [0.15, 0.2) is 0 Å². The van der Waals surface area contributed by atoms with Gasteiger partial charge in [-0.3, -0.25) is 9.59 Å². The molecule has 0 fully saturated rings. The second-order valence-corrected chi connectivity index (χ2v) is 4.12. The molecule has 0 aliphatic heterocycles. The van der Waals surface area contributed by atoms with Crippen LogP contribution in [0.15, 0.2) is 0 Å². The molecule has 3 heteroatoms. The van der Waals surface area contributed by atoms with Gasteiger partial charge in [-0.25, -0.2) is 0 Å². The lowest BCUT2D eigenvalue weighted by Gasteiger charge is -2.15. The minimum atomic E-state index is -0.289. The van der Waals surface area contributed by atoms with Gasteiger partial charge in [-0.2, -0.15) is 0 Å². The maximum atomic E-state index is 11.4. The number of hydrogen-bond acceptors (Lipinski definition) is 3. The van der Waals surface area contributed by atoms with E-state index < -0.39 is 0 Å². The zero-order valence-electron chi connectivity index (χ0n) is 8.85. The van der Waals surface area contributed by atoms with Crippen LogP contribution in [0.25, 0.3) is 0 Å². The summed E-state index contributed by atoms with van der Waals surface area (Å²) in [6, 6.07) is 0. The number of ketones is 1. The van der Waals surface area contributed by atoms with Crippen molar-refractivity contribution >= 4 is 11.8 Å². The van der Waals surface area contributed by atoms with Crippen LogP contribution in [0.5, 0.6) is 0 Å². The number of carbonyl (C=O) groups is 2. The summed E-state index contributed by atoms with van der Waals surface area (Å²) in [5.74, 6) is -0.0807. The predicted octanol–water partition coefficient (Wildman–Crippen LogP) is 1.94. The number of Topliss-reactive ketones (excluding diaryl/α,β-unsaturated/α-hetero) is 1. The summed E-state index contributed by atoms with van der Waals surface area (Å²) in [6.45, 7) is 7.38. The Morgan fingerprint density at radius 2 is 1.77 bits per heavy atom. The second kappa shape index (κ2) is 5.00. The molecule has 0 amide bonds. The average Bonchev–Trinajstić information content (AvgIpc) is 1.95. The van der Waals surface area contributed by atoms with Crippen LogP contribution >= 0.6 is 0 Å². The van der Waals surface area contributed by atoms with Gasteiger partial charge >= 0.3 is 5.97 Å². The Kier molecular flexibility index (Phi) is 4.67. The maximum absolute atomic E-state index is 11.4. The number of carbonyl (C=O) groups excluding carboxylic acids is 2. The first kappa shape index (κ1) is 12.1. The average molecular weight is 186 g/mol. The van der Waals surface area contributed by atoms with Crippen molar-refractivity contribution in [3.8, 4) is 0 Å². The van der Waals surface area contributed by atoms with Crippen molar-refractivity contribution in [1.82, 2.24) is 0 Å². The van der Waals surface area contributed by atoms with E-state index in [9.17, 15) is 9.59 Å². The molecule has 0 aliphatic rings. The Labute approximate surface area is 79.5 Å². The molecule has 76 valence electrons. The van der Waals surface area contributed by atoms with Gasteiger partial charge in [0.25, 0.3) is 0 Å². The highest BCUT2D eigenvalue weighted by atomic mass is 16.5. The molecule has 0 aromatic heterocycles. The van der Waals surface area contributed by atoms with Crippen molar-refractivity contribution in [2.45, 2.75) is 40.5 Å². The first-order chi connectivity index (χ1) is 5.84. The topological polar surface area (TPSA) is 43.4 Å². The van der Waals surface area contributed by atoms with E-state index in [-0.39, 0.29) is 17.2 Å². The SMILES string of the molecule is CC(=O)OCCCC(=O)C(C)(C)C. The van der Waals surface area contributed by atoms with Crippen LogP contribution in [0.1, 0.15) is 40.5 Å². The monoisotopic (exact) mass is 186 g/mol. The normalized spacial score (nSPS) is 11.1. The minimum Gasteiger partial charge on any atom is -0.466 e. The Balaban J connectivity index is 3.55. The fourth-order valence-corrected chi connectivity index (χ4v) is 0.824. The van der Waals surface area contributed by atoms with Gasteiger partial charge in [-0.15, -0.1) is 0 Å². The van der Waals surface area contributed by atoms with Gasteiger partial charge in [-0.1, -0.05) is 20.8 Å². The Morgan fingerprint density at radius 1 is 1.23 bits per heavy atom. The lowest BCUT2D eigenvalue weighted by Crippen LogP contribution is -2.20. The van der Waals surface area contributed by atoms with Crippen LogP contribution in [-0.2, 0) is 14.3 Å². The molecule has 0 aliphatic carbocycles. The Hall–Kier alpha value is -0.860. The van der Waals surface area contributed by atoms with Crippen LogP contribution in [0.4, 0.5) is 0 Å². The lowest BCUT2D eigenvalue weighted by molar-refractivity contribution is -0.141. The molecule has 3 nitrogen and oxygen atoms in total. The van der Waals surface area contributed by atoms with Gasteiger partial charge in [0.2, 0.25) is 0 Å². The molecule has 0 aromatic carbocycles. The first-order valence-electron chi connectivity index (χ1n) is 4.50. The number of ether oxygens (including phenoxy) is 1. The molecule has 0 N–H and O–H groups in total. The molecule has 0 heterocycles. The molecule has 0 aromatic rings. The molecular weight excluding hydrogens is 168 g/mol. The van der Waals surface area contributed by atoms with Crippen LogP contribution in [0.2, 0.25) is 0 Å². The third-order valence-electron chi connectivity index (χ3n) is 1.69. The van der Waals surface area contributed by atoms with Crippen molar-refractivity contribution < 1.29 is 14.3 Å². The number of esters is 1. The zero-order valence-corrected chi connectivity index (χ0v) is 8.85.